The highest BCUT2D eigenvalue weighted by atomic mass is 16.1. The molecule has 0 amide bonds. The fourth-order valence-corrected chi connectivity index (χ4v) is 3.03. The smallest absolute Gasteiger partial charge is 0.263 e. The average molecular weight is 263 g/mol. The van der Waals surface area contributed by atoms with E-state index in [1.54, 1.807) is 29.4 Å². The zero-order valence-corrected chi connectivity index (χ0v) is 10.9. The number of fused-ring (bicyclic) bond motifs is 2. The van der Waals surface area contributed by atoms with E-state index in [0.717, 1.165) is 12.8 Å². The Morgan fingerprint density at radius 3 is 3.05 bits per heavy atom. The average Bonchev–Trinajstić information content (AvgIpc) is 2.92. The fraction of sp³-hybridized carbons (Fsp3) is 0.188. The summed E-state index contributed by atoms with van der Waals surface area (Å²) in [5, 5.41) is 0.583. The van der Waals surface area contributed by atoms with E-state index in [1.807, 2.05) is 12.1 Å². The molecule has 4 nitrogen and oxygen atoms in total. The van der Waals surface area contributed by atoms with Gasteiger partial charge >= 0.3 is 0 Å². The van der Waals surface area contributed by atoms with E-state index in [1.165, 1.54) is 11.1 Å². The first kappa shape index (κ1) is 11.3. The first-order chi connectivity index (χ1) is 9.84. The molecule has 1 aromatic carbocycles. The summed E-state index contributed by atoms with van der Waals surface area (Å²) in [6.45, 7) is 0. The van der Waals surface area contributed by atoms with Crippen LogP contribution in [0.25, 0.3) is 10.9 Å². The van der Waals surface area contributed by atoms with E-state index in [0.29, 0.717) is 10.9 Å². The normalized spacial score (nSPS) is 17.3. The third-order valence-corrected chi connectivity index (χ3v) is 4.02. The second-order valence-corrected chi connectivity index (χ2v) is 5.10. The van der Waals surface area contributed by atoms with Crippen LogP contribution in [0.5, 0.6) is 0 Å². The van der Waals surface area contributed by atoms with Crippen LogP contribution in [-0.4, -0.2) is 14.5 Å². The highest BCUT2D eigenvalue weighted by Crippen LogP contribution is 2.33. The molecule has 2 aromatic heterocycles. The van der Waals surface area contributed by atoms with Gasteiger partial charge in [-0.2, -0.15) is 0 Å². The molecule has 1 aliphatic carbocycles. The third-order valence-electron chi connectivity index (χ3n) is 4.02. The first-order valence-corrected chi connectivity index (χ1v) is 6.73. The van der Waals surface area contributed by atoms with E-state index < -0.39 is 0 Å². The van der Waals surface area contributed by atoms with Gasteiger partial charge in [0.2, 0.25) is 0 Å². The number of hydrogen-bond acceptors (Lipinski definition) is 3. The van der Waals surface area contributed by atoms with Crippen LogP contribution in [-0.2, 0) is 6.42 Å². The maximum Gasteiger partial charge on any atom is 0.263 e. The highest BCUT2D eigenvalue weighted by molar-refractivity contribution is 5.75. The molecule has 1 atom stereocenters. The predicted octanol–water partition coefficient (Wildman–Crippen LogP) is 2.33. The Balaban J connectivity index is 1.92. The Labute approximate surface area is 115 Å². The second-order valence-electron chi connectivity index (χ2n) is 5.10. The van der Waals surface area contributed by atoms with E-state index in [2.05, 4.69) is 22.1 Å². The number of hydrogen-bond donors (Lipinski definition) is 0. The minimum atomic E-state index is -0.00944. The van der Waals surface area contributed by atoms with Crippen LogP contribution < -0.4 is 5.56 Å². The second kappa shape index (κ2) is 4.27. The van der Waals surface area contributed by atoms with Crippen molar-refractivity contribution in [3.05, 3.63) is 70.5 Å². The molecule has 0 saturated heterocycles. The van der Waals surface area contributed by atoms with E-state index >= 15 is 0 Å². The maximum atomic E-state index is 12.6. The van der Waals surface area contributed by atoms with E-state index in [9.17, 15) is 4.79 Å². The van der Waals surface area contributed by atoms with Crippen molar-refractivity contribution >= 4 is 10.9 Å². The molecule has 1 aliphatic rings. The van der Waals surface area contributed by atoms with Crippen molar-refractivity contribution in [3.8, 4) is 0 Å². The fourth-order valence-electron chi connectivity index (χ4n) is 3.03. The van der Waals surface area contributed by atoms with Crippen LogP contribution in [0, 0.1) is 0 Å². The maximum absolute atomic E-state index is 12.6. The molecule has 0 radical (unpaired) electrons. The van der Waals surface area contributed by atoms with Crippen molar-refractivity contribution in [3.63, 3.8) is 0 Å². The molecule has 0 saturated carbocycles. The summed E-state index contributed by atoms with van der Waals surface area (Å²) >= 11 is 0. The van der Waals surface area contributed by atoms with Crippen molar-refractivity contribution in [2.24, 2.45) is 0 Å². The Kier molecular flexibility index (Phi) is 2.42. The number of nitrogens with zero attached hydrogens (tertiary/aromatic N) is 3. The summed E-state index contributed by atoms with van der Waals surface area (Å²) < 4.78 is 1.75. The molecule has 3 aromatic rings. The monoisotopic (exact) mass is 263 g/mol. The predicted molar refractivity (Wildman–Crippen MR) is 76.7 cm³/mol. The topological polar surface area (TPSA) is 47.8 Å². The van der Waals surface area contributed by atoms with Crippen molar-refractivity contribution in [1.82, 2.24) is 14.5 Å². The van der Waals surface area contributed by atoms with Gasteiger partial charge in [-0.05, 0) is 30.0 Å². The summed E-state index contributed by atoms with van der Waals surface area (Å²) in [5.41, 5.74) is 3.26. The van der Waals surface area contributed by atoms with Gasteiger partial charge in [-0.3, -0.25) is 14.3 Å². The summed E-state index contributed by atoms with van der Waals surface area (Å²) in [6, 6.07) is 10.2. The van der Waals surface area contributed by atoms with Gasteiger partial charge in [0.1, 0.15) is 0 Å². The van der Waals surface area contributed by atoms with Crippen molar-refractivity contribution in [1.29, 1.82) is 0 Å². The van der Waals surface area contributed by atoms with Crippen LogP contribution in [0.15, 0.2) is 53.8 Å². The molecule has 98 valence electrons. The molecule has 4 rings (SSSR count). The van der Waals surface area contributed by atoms with Crippen molar-refractivity contribution in [2.45, 2.75) is 18.9 Å². The summed E-state index contributed by atoms with van der Waals surface area (Å²) in [6.07, 6.45) is 6.88. The largest absolute Gasteiger partial charge is 0.291 e. The minimum Gasteiger partial charge on any atom is -0.291 e. The van der Waals surface area contributed by atoms with Crippen LogP contribution >= 0.6 is 0 Å². The molecule has 2 heterocycles. The molecule has 0 bridgehead atoms. The molecule has 0 aliphatic heterocycles. The molecule has 4 heteroatoms. The molecule has 20 heavy (non-hydrogen) atoms. The Morgan fingerprint density at radius 2 is 2.10 bits per heavy atom. The van der Waals surface area contributed by atoms with Crippen molar-refractivity contribution in [2.75, 3.05) is 0 Å². The number of aryl methyl sites for hydroxylation is 1. The summed E-state index contributed by atoms with van der Waals surface area (Å²) in [5.74, 6) is 0. The minimum absolute atomic E-state index is 0.00944. The van der Waals surface area contributed by atoms with Crippen LogP contribution in [0.2, 0.25) is 0 Å². The third kappa shape index (κ3) is 1.58. The molecule has 0 N–H and O–H groups in total. The lowest BCUT2D eigenvalue weighted by molar-refractivity contribution is 0.557. The van der Waals surface area contributed by atoms with Gasteiger partial charge in [0.25, 0.3) is 5.56 Å². The number of pyridine rings is 1. The van der Waals surface area contributed by atoms with Crippen LogP contribution in [0.4, 0.5) is 0 Å². The van der Waals surface area contributed by atoms with Gasteiger partial charge < -0.3 is 0 Å². The number of rotatable bonds is 1. The quantitative estimate of drug-likeness (QED) is 0.677. The van der Waals surface area contributed by atoms with Gasteiger partial charge in [-0.25, -0.2) is 4.98 Å². The molecular formula is C16H13N3O. The van der Waals surface area contributed by atoms with Gasteiger partial charge in [0, 0.05) is 12.4 Å². The Hall–Kier alpha value is -2.49. The zero-order valence-electron chi connectivity index (χ0n) is 10.9. The van der Waals surface area contributed by atoms with Crippen molar-refractivity contribution < 1.29 is 0 Å². The van der Waals surface area contributed by atoms with Crippen LogP contribution in [0.1, 0.15) is 23.6 Å². The lowest BCUT2D eigenvalue weighted by Gasteiger charge is -2.15. The molecule has 0 fully saturated rings. The highest BCUT2D eigenvalue weighted by Gasteiger charge is 2.24. The summed E-state index contributed by atoms with van der Waals surface area (Å²) in [4.78, 5) is 21.0. The standard InChI is InChI=1S/C16H13N3O/c20-16-13-9-17-8-7-14(13)18-10-19(16)15-6-5-11-3-1-2-4-12(11)15/h1-4,7-10,15H,5-6H2. The first-order valence-electron chi connectivity index (χ1n) is 6.73. The SMILES string of the molecule is O=c1c2cnccc2ncn1C1CCc2ccccc21. The summed E-state index contributed by atoms with van der Waals surface area (Å²) in [7, 11) is 0. The zero-order chi connectivity index (χ0) is 13.5. The molecule has 0 spiro atoms. The van der Waals surface area contributed by atoms with Gasteiger partial charge in [0.05, 0.1) is 23.3 Å². The van der Waals surface area contributed by atoms with Crippen LogP contribution in [0.3, 0.4) is 0 Å². The van der Waals surface area contributed by atoms with Gasteiger partial charge in [-0.1, -0.05) is 24.3 Å². The van der Waals surface area contributed by atoms with Gasteiger partial charge in [0.15, 0.2) is 0 Å². The Bertz CT molecular complexity index is 853. The van der Waals surface area contributed by atoms with E-state index in [4.69, 9.17) is 0 Å². The lowest BCUT2D eigenvalue weighted by Crippen LogP contribution is -2.24. The molecule has 1 unspecified atom stereocenters. The Morgan fingerprint density at radius 1 is 1.20 bits per heavy atom. The van der Waals surface area contributed by atoms with E-state index in [-0.39, 0.29) is 11.6 Å². The number of aromatic nitrogens is 3. The van der Waals surface area contributed by atoms with Gasteiger partial charge in [-0.15, -0.1) is 0 Å². The lowest BCUT2D eigenvalue weighted by atomic mass is 10.1. The molecular weight excluding hydrogens is 250 g/mol. The number of benzene rings is 1.